The fourth-order valence-electron chi connectivity index (χ4n) is 3.67. The fraction of sp³-hybridized carbons (Fsp3) is 0.562. The second-order valence-corrected chi connectivity index (χ2v) is 9.03. The molecule has 7 nitrogen and oxygen atoms in total. The van der Waals surface area contributed by atoms with Crippen molar-refractivity contribution in [3.05, 3.63) is 18.2 Å². The van der Waals surface area contributed by atoms with Crippen LogP contribution in [-0.2, 0) is 14.8 Å². The molecule has 9 heteroatoms. The zero-order chi connectivity index (χ0) is 17.4. The van der Waals surface area contributed by atoms with E-state index < -0.39 is 10.0 Å². The number of carbonyl (C=O) groups excluding carboxylic acids is 1. The standard InChI is InChI=1S/C16H20N4O3S2/c21-16(19-8-1-2-9-19)12-6-10-20(11-7-12)25(22,23)14-5-3-4-13-15(14)18-24-17-13/h3-5,12H,1-2,6-11H2. The number of nitrogens with zero attached hydrogens (tertiary/aromatic N) is 4. The van der Waals surface area contributed by atoms with Gasteiger partial charge in [-0.25, -0.2) is 8.42 Å². The average molecular weight is 380 g/mol. The van der Waals surface area contributed by atoms with E-state index >= 15 is 0 Å². The smallest absolute Gasteiger partial charge is 0.245 e. The quantitative estimate of drug-likeness (QED) is 0.809. The lowest BCUT2D eigenvalue weighted by atomic mass is 9.97. The zero-order valence-electron chi connectivity index (χ0n) is 13.8. The van der Waals surface area contributed by atoms with Gasteiger partial charge in [0.1, 0.15) is 15.9 Å². The number of likely N-dealkylation sites (tertiary alicyclic amines) is 1. The molecule has 0 aliphatic carbocycles. The number of rotatable bonds is 3. The highest BCUT2D eigenvalue weighted by Gasteiger charge is 2.35. The Labute approximate surface area is 151 Å². The first-order valence-corrected chi connectivity index (χ1v) is 10.7. The van der Waals surface area contributed by atoms with Crippen LogP contribution < -0.4 is 0 Å². The van der Waals surface area contributed by atoms with Gasteiger partial charge in [0.2, 0.25) is 15.9 Å². The Hall–Kier alpha value is -1.58. The molecule has 4 rings (SSSR count). The Kier molecular flexibility index (Phi) is 4.47. The van der Waals surface area contributed by atoms with Crippen molar-refractivity contribution in [3.63, 3.8) is 0 Å². The van der Waals surface area contributed by atoms with E-state index in [2.05, 4.69) is 8.75 Å². The van der Waals surface area contributed by atoms with Crippen LogP contribution in [0, 0.1) is 5.92 Å². The minimum absolute atomic E-state index is 0.0544. The summed E-state index contributed by atoms with van der Waals surface area (Å²) in [5.41, 5.74) is 1.04. The van der Waals surface area contributed by atoms with Crippen LogP contribution in [0.3, 0.4) is 0 Å². The topological polar surface area (TPSA) is 83.5 Å². The summed E-state index contributed by atoms with van der Waals surface area (Å²) in [4.78, 5) is 14.6. The second kappa shape index (κ2) is 6.62. The third-order valence-corrected chi connectivity index (χ3v) is 7.56. The van der Waals surface area contributed by atoms with Gasteiger partial charge in [-0.1, -0.05) is 6.07 Å². The highest BCUT2D eigenvalue weighted by Crippen LogP contribution is 2.29. The number of aromatic nitrogens is 2. The number of piperidine rings is 1. The van der Waals surface area contributed by atoms with Crippen molar-refractivity contribution in [1.29, 1.82) is 0 Å². The molecule has 0 saturated carbocycles. The van der Waals surface area contributed by atoms with E-state index in [1.165, 1.54) is 4.31 Å². The van der Waals surface area contributed by atoms with E-state index in [1.54, 1.807) is 18.2 Å². The molecule has 25 heavy (non-hydrogen) atoms. The largest absolute Gasteiger partial charge is 0.342 e. The molecule has 0 unspecified atom stereocenters. The van der Waals surface area contributed by atoms with Gasteiger partial charge in [0, 0.05) is 32.1 Å². The molecular formula is C16H20N4O3S2. The third-order valence-electron chi connectivity index (χ3n) is 5.09. The van der Waals surface area contributed by atoms with E-state index in [-0.39, 0.29) is 16.7 Å². The maximum Gasteiger partial charge on any atom is 0.245 e. The molecule has 2 aliphatic rings. The molecule has 2 aromatic rings. The van der Waals surface area contributed by atoms with Crippen LogP contribution in [-0.4, -0.2) is 58.5 Å². The summed E-state index contributed by atoms with van der Waals surface area (Å²) >= 11 is 1.02. The number of hydrogen-bond donors (Lipinski definition) is 0. The molecular weight excluding hydrogens is 360 g/mol. The monoisotopic (exact) mass is 380 g/mol. The minimum atomic E-state index is -3.61. The van der Waals surface area contributed by atoms with Gasteiger partial charge in [0.15, 0.2) is 0 Å². The fourth-order valence-corrected chi connectivity index (χ4v) is 5.89. The van der Waals surface area contributed by atoms with Crippen molar-refractivity contribution in [2.75, 3.05) is 26.2 Å². The Morgan fingerprint density at radius 3 is 2.52 bits per heavy atom. The Morgan fingerprint density at radius 1 is 1.08 bits per heavy atom. The van der Waals surface area contributed by atoms with Crippen molar-refractivity contribution < 1.29 is 13.2 Å². The van der Waals surface area contributed by atoms with Gasteiger partial charge in [-0.15, -0.1) is 0 Å². The number of benzene rings is 1. The molecule has 2 aliphatic heterocycles. The molecule has 2 saturated heterocycles. The molecule has 1 amide bonds. The highest BCUT2D eigenvalue weighted by atomic mass is 32.2. The molecule has 0 bridgehead atoms. The molecule has 1 aromatic heterocycles. The van der Waals surface area contributed by atoms with Crippen LogP contribution in [0.1, 0.15) is 25.7 Å². The van der Waals surface area contributed by atoms with E-state index in [0.717, 1.165) is 37.7 Å². The number of amides is 1. The van der Waals surface area contributed by atoms with Crippen LogP contribution in [0.15, 0.2) is 23.1 Å². The summed E-state index contributed by atoms with van der Waals surface area (Å²) in [6, 6.07) is 5.04. The van der Waals surface area contributed by atoms with Crippen molar-refractivity contribution in [1.82, 2.24) is 18.0 Å². The summed E-state index contributed by atoms with van der Waals surface area (Å²) in [7, 11) is -3.61. The number of fused-ring (bicyclic) bond motifs is 1. The maximum absolute atomic E-state index is 13.0. The van der Waals surface area contributed by atoms with Crippen LogP contribution in [0.4, 0.5) is 0 Å². The lowest BCUT2D eigenvalue weighted by molar-refractivity contribution is -0.135. The van der Waals surface area contributed by atoms with Gasteiger partial charge in [-0.3, -0.25) is 4.79 Å². The molecule has 2 fully saturated rings. The Balaban J connectivity index is 1.50. The summed E-state index contributed by atoms with van der Waals surface area (Å²) in [6.07, 6.45) is 3.31. The summed E-state index contributed by atoms with van der Waals surface area (Å²) in [5, 5.41) is 0. The van der Waals surface area contributed by atoms with Crippen molar-refractivity contribution >= 4 is 38.7 Å². The summed E-state index contributed by atoms with van der Waals surface area (Å²) < 4.78 is 35.7. The van der Waals surface area contributed by atoms with Crippen molar-refractivity contribution in [2.45, 2.75) is 30.6 Å². The van der Waals surface area contributed by atoms with Gasteiger partial charge in [-0.05, 0) is 37.8 Å². The molecule has 1 aromatic carbocycles. The van der Waals surface area contributed by atoms with Crippen LogP contribution in [0.2, 0.25) is 0 Å². The van der Waals surface area contributed by atoms with Gasteiger partial charge in [0.05, 0.1) is 11.7 Å². The number of sulfonamides is 1. The van der Waals surface area contributed by atoms with Gasteiger partial charge in [-0.2, -0.15) is 13.1 Å². The number of carbonyl (C=O) groups is 1. The molecule has 0 radical (unpaired) electrons. The van der Waals surface area contributed by atoms with E-state index in [9.17, 15) is 13.2 Å². The van der Waals surface area contributed by atoms with Crippen molar-refractivity contribution in [3.8, 4) is 0 Å². The molecule has 0 spiro atoms. The Bertz CT molecular complexity index is 882. The normalized spacial score (nSPS) is 20.4. The molecule has 3 heterocycles. The van der Waals surface area contributed by atoms with Crippen LogP contribution in [0.5, 0.6) is 0 Å². The zero-order valence-corrected chi connectivity index (χ0v) is 15.4. The minimum Gasteiger partial charge on any atom is -0.342 e. The Morgan fingerprint density at radius 2 is 1.80 bits per heavy atom. The summed E-state index contributed by atoms with van der Waals surface area (Å²) in [6.45, 7) is 2.44. The van der Waals surface area contributed by atoms with Gasteiger partial charge < -0.3 is 4.90 Å². The van der Waals surface area contributed by atoms with Gasteiger partial charge in [0.25, 0.3) is 0 Å². The molecule has 0 N–H and O–H groups in total. The first-order valence-electron chi connectivity index (χ1n) is 8.57. The first kappa shape index (κ1) is 16.9. The lowest BCUT2D eigenvalue weighted by Crippen LogP contribution is -2.43. The highest BCUT2D eigenvalue weighted by molar-refractivity contribution is 7.89. The van der Waals surface area contributed by atoms with E-state index in [4.69, 9.17) is 0 Å². The predicted molar refractivity (Wildman–Crippen MR) is 94.7 cm³/mol. The molecule has 134 valence electrons. The van der Waals surface area contributed by atoms with Gasteiger partial charge >= 0.3 is 0 Å². The predicted octanol–water partition coefficient (Wildman–Crippen LogP) is 1.71. The lowest BCUT2D eigenvalue weighted by Gasteiger charge is -2.32. The van der Waals surface area contributed by atoms with Crippen molar-refractivity contribution in [2.24, 2.45) is 5.92 Å². The number of hydrogen-bond acceptors (Lipinski definition) is 6. The van der Waals surface area contributed by atoms with E-state index in [1.807, 2.05) is 4.90 Å². The van der Waals surface area contributed by atoms with Crippen LogP contribution in [0.25, 0.3) is 11.0 Å². The SMILES string of the molecule is O=C(C1CCN(S(=O)(=O)c2cccc3nsnc23)CC1)N1CCCC1. The van der Waals surface area contributed by atoms with Crippen LogP contribution >= 0.6 is 11.7 Å². The average Bonchev–Trinajstić information content (AvgIpc) is 3.32. The third kappa shape index (κ3) is 3.04. The van der Waals surface area contributed by atoms with E-state index in [0.29, 0.717) is 37.0 Å². The first-order chi connectivity index (χ1) is 12.1. The molecule has 0 atom stereocenters. The maximum atomic E-state index is 13.0. The second-order valence-electron chi connectivity index (χ2n) is 6.60. The summed E-state index contributed by atoms with van der Waals surface area (Å²) in [5.74, 6) is 0.140.